The molecule has 0 aromatic heterocycles. The second-order valence-corrected chi connectivity index (χ2v) is 6.59. The van der Waals surface area contributed by atoms with Crippen LogP contribution in [0.2, 0.25) is 0 Å². The third kappa shape index (κ3) is 13.8. The molecule has 8 heteroatoms. The van der Waals surface area contributed by atoms with Crippen LogP contribution in [-0.4, -0.2) is 61.3 Å². The number of carbonyl (C=O) groups excluding carboxylic acids is 2. The lowest BCUT2D eigenvalue weighted by Gasteiger charge is -2.17. The number of hydrogen-bond acceptors (Lipinski definition) is 6. The summed E-state index contributed by atoms with van der Waals surface area (Å²) in [5, 5.41) is 23.3. The van der Waals surface area contributed by atoms with E-state index in [0.29, 0.717) is 25.8 Å². The van der Waals surface area contributed by atoms with Gasteiger partial charge < -0.3 is 30.3 Å². The van der Waals surface area contributed by atoms with Gasteiger partial charge in [0.1, 0.15) is 0 Å². The number of benzene rings is 1. The molecule has 0 fully saturated rings. The lowest BCUT2D eigenvalue weighted by atomic mass is 10.1. The van der Waals surface area contributed by atoms with Crippen LogP contribution in [0.1, 0.15) is 44.9 Å². The number of aliphatic hydroxyl groups excluding tert-OH is 2. The van der Waals surface area contributed by atoms with E-state index in [4.69, 9.17) is 19.7 Å². The normalized spacial score (nSPS) is 11.8. The fraction of sp³-hybridized carbons (Fsp3) is 0.619. The van der Waals surface area contributed by atoms with Gasteiger partial charge in [-0.25, -0.2) is 0 Å². The van der Waals surface area contributed by atoms with Crippen molar-refractivity contribution in [2.45, 2.75) is 51.2 Å². The maximum Gasteiger partial charge on any atom is 0.224 e. The van der Waals surface area contributed by atoms with Gasteiger partial charge in [-0.15, -0.1) is 0 Å². The Morgan fingerprint density at radius 2 is 1.52 bits per heavy atom. The van der Waals surface area contributed by atoms with Crippen molar-refractivity contribution in [1.82, 2.24) is 5.32 Å². The van der Waals surface area contributed by atoms with E-state index in [1.54, 1.807) is 0 Å². The predicted molar refractivity (Wildman–Crippen MR) is 110 cm³/mol. The Morgan fingerprint density at radius 1 is 0.862 bits per heavy atom. The van der Waals surface area contributed by atoms with Crippen LogP contribution in [0.15, 0.2) is 30.3 Å². The van der Waals surface area contributed by atoms with Crippen molar-refractivity contribution in [2.24, 2.45) is 0 Å². The van der Waals surface area contributed by atoms with Crippen molar-refractivity contribution in [3.8, 4) is 0 Å². The first-order valence-electron chi connectivity index (χ1n) is 10.2. The Balaban J connectivity index is 1.97. The van der Waals surface area contributed by atoms with Crippen molar-refractivity contribution in [3.63, 3.8) is 0 Å². The van der Waals surface area contributed by atoms with Gasteiger partial charge in [0, 0.05) is 38.1 Å². The van der Waals surface area contributed by atoms with Crippen LogP contribution in [0, 0.1) is 0 Å². The van der Waals surface area contributed by atoms with Crippen molar-refractivity contribution in [2.75, 3.05) is 38.3 Å². The summed E-state index contributed by atoms with van der Waals surface area (Å²) in [5.41, 5.74) is 0.806. The summed E-state index contributed by atoms with van der Waals surface area (Å²) in [7, 11) is 0. The standard InChI is InChI=1S/C21H34N2O6/c24-14-12-21(29-17-15-25)28-16-13-22-19(26)10-6-1-2-7-11-20(27)23-18-8-4-3-5-9-18/h3-5,8-9,21,24-25H,1-2,6-7,10-17H2,(H,22,26)(H,23,27). The number of unbranched alkanes of at least 4 members (excludes halogenated alkanes) is 3. The molecule has 164 valence electrons. The molecule has 29 heavy (non-hydrogen) atoms. The fourth-order valence-corrected chi connectivity index (χ4v) is 2.64. The molecule has 1 aromatic rings. The molecule has 0 saturated heterocycles. The van der Waals surface area contributed by atoms with Gasteiger partial charge in [-0.2, -0.15) is 0 Å². The quantitative estimate of drug-likeness (QED) is 0.230. The van der Waals surface area contributed by atoms with Gasteiger partial charge in [0.05, 0.1) is 19.8 Å². The number of rotatable bonds is 17. The molecule has 2 amide bonds. The van der Waals surface area contributed by atoms with Gasteiger partial charge in [-0.05, 0) is 25.0 Å². The third-order valence-electron chi connectivity index (χ3n) is 4.10. The first kappa shape index (κ1) is 25.0. The minimum absolute atomic E-state index is 0.0106. The molecule has 0 bridgehead atoms. The van der Waals surface area contributed by atoms with E-state index in [1.807, 2.05) is 30.3 Å². The molecule has 0 aliphatic carbocycles. The smallest absolute Gasteiger partial charge is 0.224 e. The van der Waals surface area contributed by atoms with E-state index in [-0.39, 0.29) is 38.2 Å². The van der Waals surface area contributed by atoms with Crippen molar-refractivity contribution >= 4 is 17.5 Å². The van der Waals surface area contributed by atoms with Crippen molar-refractivity contribution < 1.29 is 29.3 Å². The second-order valence-electron chi connectivity index (χ2n) is 6.59. The van der Waals surface area contributed by atoms with E-state index in [2.05, 4.69) is 10.6 Å². The molecule has 0 aliphatic rings. The van der Waals surface area contributed by atoms with Crippen molar-refractivity contribution in [3.05, 3.63) is 30.3 Å². The number of ether oxygens (including phenoxy) is 2. The van der Waals surface area contributed by atoms with Crippen LogP contribution in [0.5, 0.6) is 0 Å². The van der Waals surface area contributed by atoms with Crippen LogP contribution in [0.4, 0.5) is 5.69 Å². The van der Waals surface area contributed by atoms with E-state index in [1.165, 1.54) is 0 Å². The van der Waals surface area contributed by atoms with Crippen LogP contribution >= 0.6 is 0 Å². The SMILES string of the molecule is O=C(CCCCCCC(=O)Nc1ccccc1)NCCOC(CCO)OCCO. The van der Waals surface area contributed by atoms with E-state index in [9.17, 15) is 9.59 Å². The topological polar surface area (TPSA) is 117 Å². The number of anilines is 1. The Hall–Kier alpha value is -2.00. The maximum absolute atomic E-state index is 11.8. The largest absolute Gasteiger partial charge is 0.396 e. The average molecular weight is 411 g/mol. The summed E-state index contributed by atoms with van der Waals surface area (Å²) in [6.07, 6.45) is 4.04. The highest BCUT2D eigenvalue weighted by atomic mass is 16.7. The molecular formula is C21H34N2O6. The molecule has 1 aromatic carbocycles. The molecule has 0 spiro atoms. The minimum atomic E-state index is -0.580. The van der Waals surface area contributed by atoms with Crippen LogP contribution in [0.3, 0.4) is 0 Å². The molecule has 0 radical (unpaired) electrons. The van der Waals surface area contributed by atoms with Gasteiger partial charge in [0.15, 0.2) is 6.29 Å². The number of nitrogens with one attached hydrogen (secondary N) is 2. The summed E-state index contributed by atoms with van der Waals surface area (Å²) in [4.78, 5) is 23.6. The lowest BCUT2D eigenvalue weighted by Crippen LogP contribution is -2.30. The molecule has 1 rings (SSSR count). The van der Waals surface area contributed by atoms with Crippen LogP contribution in [0.25, 0.3) is 0 Å². The Bertz CT molecular complexity index is 555. The average Bonchev–Trinajstić information content (AvgIpc) is 2.72. The number of amides is 2. The van der Waals surface area contributed by atoms with Gasteiger partial charge in [0.25, 0.3) is 0 Å². The number of para-hydroxylation sites is 1. The fourth-order valence-electron chi connectivity index (χ4n) is 2.64. The number of carbonyl (C=O) groups is 2. The molecular weight excluding hydrogens is 376 g/mol. The van der Waals surface area contributed by atoms with Crippen LogP contribution < -0.4 is 10.6 Å². The molecule has 8 nitrogen and oxygen atoms in total. The Morgan fingerprint density at radius 3 is 2.17 bits per heavy atom. The molecule has 0 aliphatic heterocycles. The summed E-state index contributed by atoms with van der Waals surface area (Å²) in [6, 6.07) is 9.38. The summed E-state index contributed by atoms with van der Waals surface area (Å²) in [6.45, 7) is 0.600. The first-order valence-corrected chi connectivity index (χ1v) is 10.2. The maximum atomic E-state index is 11.8. The van der Waals surface area contributed by atoms with Gasteiger partial charge in [-0.3, -0.25) is 9.59 Å². The summed E-state index contributed by atoms with van der Waals surface area (Å²) in [5.74, 6) is -0.0261. The summed E-state index contributed by atoms with van der Waals surface area (Å²) < 4.78 is 10.6. The molecule has 0 heterocycles. The van der Waals surface area contributed by atoms with Gasteiger partial charge >= 0.3 is 0 Å². The zero-order valence-corrected chi connectivity index (χ0v) is 17.0. The Kier molecular flexibility index (Phi) is 14.6. The number of aliphatic hydroxyl groups is 2. The van der Waals surface area contributed by atoms with E-state index >= 15 is 0 Å². The minimum Gasteiger partial charge on any atom is -0.396 e. The van der Waals surface area contributed by atoms with Crippen LogP contribution in [-0.2, 0) is 19.1 Å². The second kappa shape index (κ2) is 16.9. The molecule has 1 atom stereocenters. The molecule has 1 unspecified atom stereocenters. The zero-order valence-electron chi connectivity index (χ0n) is 17.0. The lowest BCUT2D eigenvalue weighted by molar-refractivity contribution is -0.154. The molecule has 0 saturated carbocycles. The number of hydrogen-bond donors (Lipinski definition) is 4. The van der Waals surface area contributed by atoms with E-state index < -0.39 is 6.29 Å². The van der Waals surface area contributed by atoms with Gasteiger partial charge in [-0.1, -0.05) is 31.0 Å². The summed E-state index contributed by atoms with van der Waals surface area (Å²) >= 11 is 0. The van der Waals surface area contributed by atoms with E-state index in [0.717, 1.165) is 31.4 Å². The Labute approximate surface area is 172 Å². The predicted octanol–water partition coefficient (Wildman–Crippen LogP) is 1.82. The molecule has 4 N–H and O–H groups in total. The highest BCUT2D eigenvalue weighted by Crippen LogP contribution is 2.09. The first-order chi connectivity index (χ1) is 14.2. The highest BCUT2D eigenvalue weighted by molar-refractivity contribution is 5.90. The highest BCUT2D eigenvalue weighted by Gasteiger charge is 2.09. The van der Waals surface area contributed by atoms with Crippen molar-refractivity contribution in [1.29, 1.82) is 0 Å². The monoisotopic (exact) mass is 410 g/mol. The zero-order chi connectivity index (χ0) is 21.2. The van der Waals surface area contributed by atoms with Gasteiger partial charge in [0.2, 0.25) is 11.8 Å². The third-order valence-corrected chi connectivity index (χ3v) is 4.10.